The largest absolute Gasteiger partial charge is 0.459 e. The van der Waals surface area contributed by atoms with Crippen LogP contribution in [0, 0.1) is 0 Å². The summed E-state index contributed by atoms with van der Waals surface area (Å²) >= 11 is 0. The van der Waals surface area contributed by atoms with E-state index < -0.39 is 0 Å². The summed E-state index contributed by atoms with van der Waals surface area (Å²) in [7, 11) is 0. The number of amides is 2. The van der Waals surface area contributed by atoms with Crippen molar-refractivity contribution in [3.63, 3.8) is 0 Å². The van der Waals surface area contributed by atoms with Gasteiger partial charge in [0, 0.05) is 25.9 Å². The van der Waals surface area contributed by atoms with Gasteiger partial charge in [-0.25, -0.2) is 0 Å². The van der Waals surface area contributed by atoms with E-state index in [-0.39, 0.29) is 36.2 Å². The molecule has 18 heavy (non-hydrogen) atoms. The number of carbonyl (C=O) groups excluding carboxylic acids is 3. The Balaban J connectivity index is 2.10. The van der Waals surface area contributed by atoms with Gasteiger partial charge >= 0.3 is 0 Å². The molecule has 0 aromatic carbocycles. The lowest BCUT2D eigenvalue weighted by molar-refractivity contribution is -0.124. The van der Waals surface area contributed by atoms with Crippen molar-refractivity contribution in [2.45, 2.75) is 19.8 Å². The molecule has 98 valence electrons. The van der Waals surface area contributed by atoms with Crippen LogP contribution in [0.15, 0.2) is 22.8 Å². The van der Waals surface area contributed by atoms with Gasteiger partial charge in [-0.2, -0.15) is 0 Å². The SMILES string of the molecule is CC(=O)CCC(=O)NCCNC(=O)c1ccco1. The molecule has 0 aliphatic heterocycles. The molecule has 1 heterocycles. The summed E-state index contributed by atoms with van der Waals surface area (Å²) in [5, 5.41) is 5.19. The average Bonchev–Trinajstić information content (AvgIpc) is 2.85. The van der Waals surface area contributed by atoms with E-state index in [0.29, 0.717) is 13.1 Å². The average molecular weight is 252 g/mol. The molecule has 2 N–H and O–H groups in total. The summed E-state index contributed by atoms with van der Waals surface area (Å²) in [4.78, 5) is 33.3. The van der Waals surface area contributed by atoms with Gasteiger partial charge in [0.1, 0.15) is 5.78 Å². The second-order valence-electron chi connectivity index (χ2n) is 3.79. The molecule has 6 nitrogen and oxygen atoms in total. The van der Waals surface area contributed by atoms with Crippen molar-refractivity contribution in [2.24, 2.45) is 0 Å². The molecule has 6 heteroatoms. The standard InChI is InChI=1S/C12H16N2O4/c1-9(15)4-5-11(16)13-6-7-14-12(17)10-3-2-8-18-10/h2-3,8H,4-7H2,1H3,(H,13,16)(H,14,17). The molecule has 0 aliphatic rings. The Morgan fingerprint density at radius 3 is 2.50 bits per heavy atom. The van der Waals surface area contributed by atoms with Gasteiger partial charge < -0.3 is 19.8 Å². The van der Waals surface area contributed by atoms with Crippen LogP contribution in [0.4, 0.5) is 0 Å². The van der Waals surface area contributed by atoms with Crippen molar-refractivity contribution in [1.82, 2.24) is 10.6 Å². The highest BCUT2D eigenvalue weighted by Gasteiger charge is 2.07. The maximum Gasteiger partial charge on any atom is 0.287 e. The maximum absolute atomic E-state index is 11.4. The molecule has 0 saturated heterocycles. The minimum Gasteiger partial charge on any atom is -0.459 e. The number of nitrogens with one attached hydrogen (secondary N) is 2. The zero-order valence-corrected chi connectivity index (χ0v) is 10.2. The highest BCUT2D eigenvalue weighted by atomic mass is 16.3. The van der Waals surface area contributed by atoms with Gasteiger partial charge in [0.2, 0.25) is 5.91 Å². The van der Waals surface area contributed by atoms with Crippen molar-refractivity contribution in [3.05, 3.63) is 24.2 Å². The molecule has 0 unspecified atom stereocenters. The van der Waals surface area contributed by atoms with Crippen molar-refractivity contribution in [1.29, 1.82) is 0 Å². The van der Waals surface area contributed by atoms with Gasteiger partial charge in [-0.1, -0.05) is 0 Å². The van der Waals surface area contributed by atoms with Gasteiger partial charge in [0.15, 0.2) is 5.76 Å². The molecule has 0 spiro atoms. The van der Waals surface area contributed by atoms with Crippen LogP contribution in [0.1, 0.15) is 30.3 Å². The second-order valence-corrected chi connectivity index (χ2v) is 3.79. The van der Waals surface area contributed by atoms with Gasteiger partial charge in [0.25, 0.3) is 5.91 Å². The molecule has 0 atom stereocenters. The Bertz CT molecular complexity index is 412. The number of furan rings is 1. The van der Waals surface area contributed by atoms with E-state index in [0.717, 1.165) is 0 Å². The number of hydrogen-bond acceptors (Lipinski definition) is 4. The summed E-state index contributed by atoms with van der Waals surface area (Å²) in [5.74, 6) is -0.301. The minimum atomic E-state index is -0.321. The van der Waals surface area contributed by atoms with Crippen LogP contribution in [-0.4, -0.2) is 30.7 Å². The Labute approximate surface area is 105 Å². The van der Waals surface area contributed by atoms with Gasteiger partial charge in [-0.05, 0) is 19.1 Å². The van der Waals surface area contributed by atoms with Crippen LogP contribution in [0.2, 0.25) is 0 Å². The van der Waals surface area contributed by atoms with Crippen LogP contribution in [-0.2, 0) is 9.59 Å². The Kier molecular flexibility index (Phi) is 5.63. The Morgan fingerprint density at radius 1 is 1.17 bits per heavy atom. The second kappa shape index (κ2) is 7.26. The zero-order valence-electron chi connectivity index (χ0n) is 10.2. The molecule has 0 bridgehead atoms. The van der Waals surface area contributed by atoms with Gasteiger partial charge in [-0.3, -0.25) is 9.59 Å². The molecule has 0 saturated carbocycles. The van der Waals surface area contributed by atoms with E-state index in [1.165, 1.54) is 13.2 Å². The normalized spacial score (nSPS) is 9.83. The fourth-order valence-electron chi connectivity index (χ4n) is 1.25. The lowest BCUT2D eigenvalue weighted by Crippen LogP contribution is -2.34. The van der Waals surface area contributed by atoms with Crippen LogP contribution in [0.25, 0.3) is 0 Å². The topological polar surface area (TPSA) is 88.4 Å². The third-order valence-corrected chi connectivity index (χ3v) is 2.18. The molecule has 1 rings (SSSR count). The first kappa shape index (κ1) is 14.0. The van der Waals surface area contributed by atoms with E-state index in [4.69, 9.17) is 4.42 Å². The first-order chi connectivity index (χ1) is 8.59. The summed E-state index contributed by atoms with van der Waals surface area (Å²) < 4.78 is 4.90. The van der Waals surface area contributed by atoms with Crippen molar-refractivity contribution in [3.8, 4) is 0 Å². The number of ketones is 1. The number of Topliss-reactive ketones (excluding diaryl/α,β-unsaturated/α-hetero) is 1. The first-order valence-electron chi connectivity index (χ1n) is 5.67. The van der Waals surface area contributed by atoms with E-state index in [1.54, 1.807) is 12.1 Å². The lowest BCUT2D eigenvalue weighted by Gasteiger charge is -2.05. The van der Waals surface area contributed by atoms with Crippen molar-refractivity contribution < 1.29 is 18.8 Å². The molecular weight excluding hydrogens is 236 g/mol. The molecule has 0 aliphatic carbocycles. The Morgan fingerprint density at radius 2 is 1.89 bits per heavy atom. The number of carbonyl (C=O) groups is 3. The van der Waals surface area contributed by atoms with Gasteiger partial charge in [0.05, 0.1) is 6.26 Å². The summed E-state index contributed by atoms with van der Waals surface area (Å²) in [6, 6.07) is 3.18. The molecule has 1 aromatic heterocycles. The molecule has 0 fully saturated rings. The van der Waals surface area contributed by atoms with Gasteiger partial charge in [-0.15, -0.1) is 0 Å². The first-order valence-corrected chi connectivity index (χ1v) is 5.67. The fraction of sp³-hybridized carbons (Fsp3) is 0.417. The fourth-order valence-corrected chi connectivity index (χ4v) is 1.25. The quantitative estimate of drug-likeness (QED) is 0.691. The number of rotatable bonds is 7. The van der Waals surface area contributed by atoms with Crippen LogP contribution in [0.5, 0.6) is 0 Å². The summed E-state index contributed by atoms with van der Waals surface area (Å²) in [6.45, 7) is 2.07. The van der Waals surface area contributed by atoms with Crippen LogP contribution < -0.4 is 10.6 Å². The molecule has 0 radical (unpaired) electrons. The van der Waals surface area contributed by atoms with Crippen molar-refractivity contribution in [2.75, 3.05) is 13.1 Å². The summed E-state index contributed by atoms with van der Waals surface area (Å²) in [5.41, 5.74) is 0. The number of hydrogen-bond donors (Lipinski definition) is 2. The van der Waals surface area contributed by atoms with E-state index >= 15 is 0 Å². The summed E-state index contributed by atoms with van der Waals surface area (Å²) in [6.07, 6.45) is 1.84. The highest BCUT2D eigenvalue weighted by Crippen LogP contribution is 1.98. The predicted octanol–water partition coefficient (Wildman–Crippen LogP) is 0.495. The lowest BCUT2D eigenvalue weighted by atomic mass is 10.2. The third kappa shape index (κ3) is 5.29. The Hall–Kier alpha value is -2.11. The zero-order chi connectivity index (χ0) is 13.4. The highest BCUT2D eigenvalue weighted by molar-refractivity contribution is 5.91. The molecular formula is C12H16N2O4. The monoisotopic (exact) mass is 252 g/mol. The van der Waals surface area contributed by atoms with E-state index in [2.05, 4.69) is 10.6 Å². The van der Waals surface area contributed by atoms with Crippen LogP contribution >= 0.6 is 0 Å². The van der Waals surface area contributed by atoms with Crippen molar-refractivity contribution >= 4 is 17.6 Å². The predicted molar refractivity (Wildman–Crippen MR) is 64.0 cm³/mol. The molecule has 2 amide bonds. The maximum atomic E-state index is 11.4. The smallest absolute Gasteiger partial charge is 0.287 e. The van der Waals surface area contributed by atoms with E-state index in [1.807, 2.05) is 0 Å². The van der Waals surface area contributed by atoms with Crippen LogP contribution in [0.3, 0.4) is 0 Å². The minimum absolute atomic E-state index is 0.0173. The third-order valence-electron chi connectivity index (χ3n) is 2.18. The van der Waals surface area contributed by atoms with E-state index in [9.17, 15) is 14.4 Å². The molecule has 1 aromatic rings.